The van der Waals surface area contributed by atoms with Crippen LogP contribution in [0.5, 0.6) is 0 Å². The van der Waals surface area contributed by atoms with E-state index in [4.69, 9.17) is 4.74 Å². The Hall–Kier alpha value is -2.60. The number of fused-ring (bicyclic) bond motifs is 3. The summed E-state index contributed by atoms with van der Waals surface area (Å²) in [6, 6.07) is -0.137. The fraction of sp³-hybridized carbons (Fsp3) is 0.538. The van der Waals surface area contributed by atoms with Crippen LogP contribution in [0.4, 0.5) is 0 Å². The van der Waals surface area contributed by atoms with E-state index in [0.29, 0.717) is 24.0 Å². The number of nitrogens with zero attached hydrogens (tertiary/aromatic N) is 1. The van der Waals surface area contributed by atoms with Crippen LogP contribution in [-0.4, -0.2) is 46.6 Å². The Morgan fingerprint density at radius 1 is 1.34 bits per heavy atom. The van der Waals surface area contributed by atoms with Gasteiger partial charge >= 0.3 is 0 Å². The highest BCUT2D eigenvalue weighted by Crippen LogP contribution is 2.60. The van der Waals surface area contributed by atoms with Crippen molar-refractivity contribution >= 4 is 11.8 Å². The van der Waals surface area contributed by atoms with E-state index >= 15 is 0 Å². The summed E-state index contributed by atoms with van der Waals surface area (Å²) in [6.07, 6.45) is 10.4. The second-order valence-corrected chi connectivity index (χ2v) is 10.3. The molecule has 3 aliphatic carbocycles. The third-order valence-electron chi connectivity index (χ3n) is 8.82. The van der Waals surface area contributed by atoms with Gasteiger partial charge in [0, 0.05) is 40.1 Å². The maximum Gasteiger partial charge on any atom is 0.261 e. The number of aliphatic hydroxyl groups is 1. The molecule has 0 bridgehead atoms. The Bertz CT molecular complexity index is 1050. The van der Waals surface area contributed by atoms with Crippen LogP contribution >= 0.6 is 0 Å². The first-order chi connectivity index (χ1) is 15.1. The Labute approximate surface area is 189 Å². The molecule has 2 N–H and O–H groups in total. The number of ether oxygens (including phenoxy) is 1. The summed E-state index contributed by atoms with van der Waals surface area (Å²) in [5.41, 5.74) is 1.95. The van der Waals surface area contributed by atoms with E-state index in [1.54, 1.807) is 14.0 Å². The monoisotopic (exact) mass is 436 g/mol. The van der Waals surface area contributed by atoms with Crippen molar-refractivity contribution in [2.24, 2.45) is 17.3 Å². The third-order valence-corrected chi connectivity index (χ3v) is 8.82. The Kier molecular flexibility index (Phi) is 4.61. The van der Waals surface area contributed by atoms with Crippen LogP contribution in [-0.2, 0) is 14.3 Å². The van der Waals surface area contributed by atoms with Gasteiger partial charge in [-0.1, -0.05) is 32.6 Å². The molecule has 2 aliphatic heterocycles. The van der Waals surface area contributed by atoms with Gasteiger partial charge in [0.15, 0.2) is 0 Å². The number of hydrogen-bond donors (Lipinski definition) is 2. The van der Waals surface area contributed by atoms with Gasteiger partial charge in [0.05, 0.1) is 18.8 Å². The van der Waals surface area contributed by atoms with Gasteiger partial charge in [-0.3, -0.25) is 14.5 Å². The molecule has 2 heterocycles. The van der Waals surface area contributed by atoms with Gasteiger partial charge < -0.3 is 15.2 Å². The van der Waals surface area contributed by atoms with Crippen molar-refractivity contribution in [2.45, 2.75) is 64.1 Å². The summed E-state index contributed by atoms with van der Waals surface area (Å²) in [4.78, 5) is 27.2. The van der Waals surface area contributed by atoms with E-state index in [0.717, 1.165) is 24.3 Å². The number of methoxy groups -OCH3 is 1. The lowest BCUT2D eigenvalue weighted by Crippen LogP contribution is -2.62. The highest BCUT2D eigenvalue weighted by atomic mass is 16.5. The van der Waals surface area contributed by atoms with Crippen molar-refractivity contribution in [2.75, 3.05) is 7.11 Å². The molecule has 6 heteroatoms. The van der Waals surface area contributed by atoms with Crippen molar-refractivity contribution in [3.63, 3.8) is 0 Å². The average molecular weight is 437 g/mol. The quantitative estimate of drug-likeness (QED) is 0.665. The first kappa shape index (κ1) is 21.3. The molecule has 32 heavy (non-hydrogen) atoms. The maximum atomic E-state index is 12.9. The number of amides is 2. The molecule has 170 valence electrons. The van der Waals surface area contributed by atoms with Crippen LogP contribution in [0, 0.1) is 17.3 Å². The zero-order chi connectivity index (χ0) is 23.0. The third kappa shape index (κ3) is 2.62. The molecule has 0 saturated heterocycles. The minimum absolute atomic E-state index is 0.127. The molecule has 0 aromatic carbocycles. The number of hydrogen-bond acceptors (Lipinski definition) is 5. The van der Waals surface area contributed by atoms with Gasteiger partial charge in [0.2, 0.25) is 0 Å². The smallest absolute Gasteiger partial charge is 0.261 e. The first-order valence-corrected chi connectivity index (χ1v) is 11.5. The van der Waals surface area contributed by atoms with E-state index in [1.807, 2.05) is 6.08 Å². The fourth-order valence-electron chi connectivity index (χ4n) is 6.79. The fourth-order valence-corrected chi connectivity index (χ4v) is 6.79. The summed E-state index contributed by atoms with van der Waals surface area (Å²) < 4.78 is 5.47. The molecular formula is C26H32N2O4. The second kappa shape index (κ2) is 6.95. The Morgan fingerprint density at radius 3 is 2.75 bits per heavy atom. The molecule has 6 atom stereocenters. The van der Waals surface area contributed by atoms with E-state index in [1.165, 1.54) is 16.5 Å². The van der Waals surface area contributed by atoms with Gasteiger partial charge in [-0.05, 0) is 50.3 Å². The van der Waals surface area contributed by atoms with Crippen LogP contribution in [0.2, 0.25) is 0 Å². The minimum Gasteiger partial charge on any atom is -0.497 e. The molecule has 2 amide bonds. The molecule has 0 aromatic rings. The highest BCUT2D eigenvalue weighted by Gasteiger charge is 2.61. The van der Waals surface area contributed by atoms with Crippen molar-refractivity contribution in [1.82, 2.24) is 10.2 Å². The van der Waals surface area contributed by atoms with Crippen molar-refractivity contribution in [3.8, 4) is 0 Å². The molecule has 4 unspecified atom stereocenters. The van der Waals surface area contributed by atoms with Crippen LogP contribution in [0.15, 0.2) is 59.1 Å². The number of nitrogens with one attached hydrogen (secondary N) is 1. The molecule has 5 rings (SSSR count). The molecular weight excluding hydrogens is 404 g/mol. The summed E-state index contributed by atoms with van der Waals surface area (Å²) in [5.74, 6) is 0.442. The van der Waals surface area contributed by atoms with Crippen molar-refractivity contribution in [1.29, 1.82) is 0 Å². The van der Waals surface area contributed by atoms with Crippen LogP contribution in [0.1, 0.15) is 46.5 Å². The molecule has 0 spiro atoms. The SMILES string of the molecule is C=CC1=C(C)C(=O)N(C2CC[C@]3(C)CC4=C(NC5C=CC(OC)=CC45)C(C)[C@]3(O)C2)C1=O. The predicted octanol–water partition coefficient (Wildman–Crippen LogP) is 3.13. The largest absolute Gasteiger partial charge is 0.497 e. The number of rotatable bonds is 3. The standard InChI is InChI=1S/C26H32N2O4/c1-6-18-14(2)23(29)28(24(18)30)16-9-10-25(4)13-20-19-11-17(32-5)7-8-21(19)27-22(20)15(3)26(25,31)12-16/h6-8,11,15-16,19,21,27,31H,1,9-10,12-13H2,2-5H3/t15?,16?,19?,21?,25-,26-/m1/s1. The molecule has 0 aromatic heterocycles. The Balaban J connectivity index is 1.47. The zero-order valence-electron chi connectivity index (χ0n) is 19.3. The summed E-state index contributed by atoms with van der Waals surface area (Å²) >= 11 is 0. The summed E-state index contributed by atoms with van der Waals surface area (Å²) in [5, 5.41) is 15.8. The minimum atomic E-state index is -1.02. The molecule has 6 nitrogen and oxygen atoms in total. The van der Waals surface area contributed by atoms with Gasteiger partial charge in [0.25, 0.3) is 11.8 Å². The highest BCUT2D eigenvalue weighted by molar-refractivity contribution is 6.20. The van der Waals surface area contributed by atoms with Crippen molar-refractivity contribution in [3.05, 3.63) is 59.1 Å². The average Bonchev–Trinajstić information content (AvgIpc) is 3.23. The number of carbonyl (C=O) groups excluding carboxylic acids is 2. The van der Waals surface area contributed by atoms with Crippen molar-refractivity contribution < 1.29 is 19.4 Å². The summed E-state index contributed by atoms with van der Waals surface area (Å²) in [6.45, 7) is 9.63. The van der Waals surface area contributed by atoms with E-state index in [-0.39, 0.29) is 41.1 Å². The van der Waals surface area contributed by atoms with Crippen LogP contribution in [0.3, 0.4) is 0 Å². The van der Waals surface area contributed by atoms with Gasteiger partial charge in [-0.2, -0.15) is 0 Å². The predicted molar refractivity (Wildman–Crippen MR) is 121 cm³/mol. The normalized spacial score (nSPS) is 40.7. The van der Waals surface area contributed by atoms with Crippen LogP contribution in [0.25, 0.3) is 0 Å². The van der Waals surface area contributed by atoms with Gasteiger partial charge in [0.1, 0.15) is 5.76 Å². The van der Waals surface area contributed by atoms with E-state index in [9.17, 15) is 14.7 Å². The molecule has 0 radical (unpaired) electrons. The van der Waals surface area contributed by atoms with E-state index in [2.05, 4.69) is 37.9 Å². The molecule has 5 aliphatic rings. The number of allylic oxidation sites excluding steroid dienone is 1. The molecule has 1 fully saturated rings. The first-order valence-electron chi connectivity index (χ1n) is 11.5. The number of carbonyl (C=O) groups is 2. The lowest BCUT2D eigenvalue weighted by Gasteiger charge is -2.57. The zero-order valence-corrected chi connectivity index (χ0v) is 19.3. The summed E-state index contributed by atoms with van der Waals surface area (Å²) in [7, 11) is 1.69. The van der Waals surface area contributed by atoms with E-state index < -0.39 is 5.60 Å². The maximum absolute atomic E-state index is 12.9. The van der Waals surface area contributed by atoms with Crippen LogP contribution < -0.4 is 5.32 Å². The lowest BCUT2D eigenvalue weighted by molar-refractivity contribution is -0.166. The van der Waals surface area contributed by atoms with Gasteiger partial charge in [-0.15, -0.1) is 0 Å². The second-order valence-electron chi connectivity index (χ2n) is 10.3. The van der Waals surface area contributed by atoms with Gasteiger partial charge in [-0.25, -0.2) is 0 Å². The molecule has 1 saturated carbocycles. The topological polar surface area (TPSA) is 78.9 Å². The number of imide groups is 1. The Morgan fingerprint density at radius 2 is 2.09 bits per heavy atom. The lowest BCUT2D eigenvalue weighted by atomic mass is 9.52.